The lowest BCUT2D eigenvalue weighted by atomic mass is 9.97. The number of aryl methyl sites for hydroxylation is 3. The van der Waals surface area contributed by atoms with Crippen LogP contribution in [-0.2, 0) is 30.6 Å². The molecule has 0 atom stereocenters. The highest BCUT2D eigenvalue weighted by Gasteiger charge is 2.20. The van der Waals surface area contributed by atoms with E-state index in [9.17, 15) is 14.4 Å². The third-order valence-corrected chi connectivity index (χ3v) is 6.92. The Hall–Kier alpha value is -3.00. The average molecular weight is 439 g/mol. The van der Waals surface area contributed by atoms with Crippen LogP contribution in [0.3, 0.4) is 0 Å². The molecule has 0 unspecified atom stereocenters. The molecular formula is C23H26N4O3S. The van der Waals surface area contributed by atoms with E-state index in [1.54, 1.807) is 42.5 Å². The zero-order valence-electron chi connectivity index (χ0n) is 17.8. The van der Waals surface area contributed by atoms with E-state index in [1.807, 2.05) is 12.1 Å². The SMILES string of the molecule is CNC(=O)c1ccc(CN(C)C(=O)CCc2nc3sc4c(c3c(=O)[nH]2)CCCC4)cc1. The molecule has 0 saturated carbocycles. The molecule has 3 aromatic rings. The molecule has 7 nitrogen and oxygen atoms in total. The number of hydrogen-bond donors (Lipinski definition) is 2. The second kappa shape index (κ2) is 9.01. The average Bonchev–Trinajstić information content (AvgIpc) is 3.16. The summed E-state index contributed by atoms with van der Waals surface area (Å²) in [6.07, 6.45) is 4.93. The van der Waals surface area contributed by atoms with Gasteiger partial charge < -0.3 is 15.2 Å². The molecule has 1 aliphatic carbocycles. The zero-order valence-corrected chi connectivity index (χ0v) is 18.6. The van der Waals surface area contributed by atoms with Crippen molar-refractivity contribution in [2.75, 3.05) is 14.1 Å². The van der Waals surface area contributed by atoms with Gasteiger partial charge >= 0.3 is 0 Å². The number of nitrogens with zero attached hydrogens (tertiary/aromatic N) is 2. The maximum absolute atomic E-state index is 12.6. The maximum atomic E-state index is 12.6. The van der Waals surface area contributed by atoms with Crippen LogP contribution in [0.5, 0.6) is 0 Å². The lowest BCUT2D eigenvalue weighted by Gasteiger charge is -2.17. The first-order chi connectivity index (χ1) is 15.0. The van der Waals surface area contributed by atoms with Crippen molar-refractivity contribution in [2.24, 2.45) is 0 Å². The number of aromatic nitrogens is 2. The van der Waals surface area contributed by atoms with Gasteiger partial charge in [0, 0.05) is 43.9 Å². The van der Waals surface area contributed by atoms with E-state index in [0.717, 1.165) is 35.0 Å². The molecule has 0 aliphatic heterocycles. The molecule has 2 amide bonds. The molecule has 1 aromatic carbocycles. The number of carbonyl (C=O) groups is 2. The minimum Gasteiger partial charge on any atom is -0.355 e. The molecule has 0 saturated heterocycles. The Labute approximate surface area is 184 Å². The number of benzene rings is 1. The van der Waals surface area contributed by atoms with Crippen LogP contribution in [0.15, 0.2) is 29.1 Å². The summed E-state index contributed by atoms with van der Waals surface area (Å²) >= 11 is 1.62. The third kappa shape index (κ3) is 4.54. The Morgan fingerprint density at radius 1 is 1.19 bits per heavy atom. The fourth-order valence-electron chi connectivity index (χ4n) is 4.01. The van der Waals surface area contributed by atoms with Crippen LogP contribution in [0.4, 0.5) is 0 Å². The topological polar surface area (TPSA) is 95.2 Å². The molecule has 31 heavy (non-hydrogen) atoms. The van der Waals surface area contributed by atoms with Gasteiger partial charge in [-0.05, 0) is 48.9 Å². The van der Waals surface area contributed by atoms with Gasteiger partial charge in [0.25, 0.3) is 11.5 Å². The van der Waals surface area contributed by atoms with Gasteiger partial charge in [0.15, 0.2) is 0 Å². The standard InChI is InChI=1S/C23H26N4O3S/c1-24-21(29)15-9-7-14(8-10-15)13-27(2)19(28)12-11-18-25-22(30)20-16-5-3-4-6-17(16)31-23(20)26-18/h7-10H,3-6,11-13H2,1-2H3,(H,24,29)(H,25,26,30). The van der Waals surface area contributed by atoms with Crippen molar-refractivity contribution in [2.45, 2.75) is 45.1 Å². The van der Waals surface area contributed by atoms with E-state index in [1.165, 1.54) is 16.9 Å². The first-order valence-electron chi connectivity index (χ1n) is 10.5. The summed E-state index contributed by atoms with van der Waals surface area (Å²) in [5.74, 6) is 0.400. The number of nitrogens with one attached hydrogen (secondary N) is 2. The van der Waals surface area contributed by atoms with Crippen molar-refractivity contribution in [3.8, 4) is 0 Å². The van der Waals surface area contributed by atoms with Crippen molar-refractivity contribution in [3.05, 3.63) is 62.0 Å². The molecule has 0 spiro atoms. The third-order valence-electron chi connectivity index (χ3n) is 5.74. The number of amides is 2. The van der Waals surface area contributed by atoms with Crippen LogP contribution >= 0.6 is 11.3 Å². The van der Waals surface area contributed by atoms with Gasteiger partial charge in [-0.15, -0.1) is 11.3 Å². The van der Waals surface area contributed by atoms with Crippen LogP contribution in [-0.4, -0.2) is 40.8 Å². The van der Waals surface area contributed by atoms with Crippen molar-refractivity contribution in [3.63, 3.8) is 0 Å². The highest BCUT2D eigenvalue weighted by atomic mass is 32.1. The molecule has 0 radical (unpaired) electrons. The molecule has 0 fully saturated rings. The largest absolute Gasteiger partial charge is 0.355 e. The lowest BCUT2D eigenvalue weighted by molar-refractivity contribution is -0.130. The first-order valence-corrected chi connectivity index (χ1v) is 11.4. The quantitative estimate of drug-likeness (QED) is 0.619. The van der Waals surface area contributed by atoms with Crippen molar-refractivity contribution >= 4 is 33.4 Å². The van der Waals surface area contributed by atoms with E-state index in [0.29, 0.717) is 24.4 Å². The minimum atomic E-state index is -0.138. The fourth-order valence-corrected chi connectivity index (χ4v) is 5.29. The van der Waals surface area contributed by atoms with Gasteiger partial charge in [0.05, 0.1) is 5.39 Å². The number of carbonyl (C=O) groups excluding carboxylic acids is 2. The first kappa shape index (κ1) is 21.2. The number of fused-ring (bicyclic) bond motifs is 3. The highest BCUT2D eigenvalue weighted by molar-refractivity contribution is 7.18. The van der Waals surface area contributed by atoms with Gasteiger partial charge in [-0.25, -0.2) is 4.98 Å². The molecule has 162 valence electrons. The summed E-state index contributed by atoms with van der Waals surface area (Å²) in [6.45, 7) is 0.452. The Morgan fingerprint density at radius 2 is 1.94 bits per heavy atom. The van der Waals surface area contributed by atoms with Crippen LogP contribution in [0, 0.1) is 0 Å². The summed E-state index contributed by atoms with van der Waals surface area (Å²) in [5.41, 5.74) is 2.61. The van der Waals surface area contributed by atoms with Gasteiger partial charge in [-0.1, -0.05) is 12.1 Å². The molecule has 2 heterocycles. The Morgan fingerprint density at radius 3 is 2.68 bits per heavy atom. The smallest absolute Gasteiger partial charge is 0.259 e. The summed E-state index contributed by atoms with van der Waals surface area (Å²) in [7, 11) is 3.34. The second-order valence-corrected chi connectivity index (χ2v) is 9.01. The molecule has 2 aromatic heterocycles. The van der Waals surface area contributed by atoms with Crippen LogP contribution < -0.4 is 10.9 Å². The van der Waals surface area contributed by atoms with Crippen molar-refractivity contribution in [1.82, 2.24) is 20.2 Å². The summed E-state index contributed by atoms with van der Waals surface area (Å²) in [4.78, 5) is 48.1. The molecular weight excluding hydrogens is 412 g/mol. The predicted molar refractivity (Wildman–Crippen MR) is 122 cm³/mol. The van der Waals surface area contributed by atoms with E-state index in [2.05, 4.69) is 15.3 Å². The molecule has 4 rings (SSSR count). The Kier molecular flexibility index (Phi) is 6.18. The summed E-state index contributed by atoms with van der Waals surface area (Å²) in [5, 5.41) is 3.33. The summed E-state index contributed by atoms with van der Waals surface area (Å²) in [6, 6.07) is 7.19. The van der Waals surface area contributed by atoms with Gasteiger partial charge in [0.2, 0.25) is 5.91 Å². The number of H-pyrrole nitrogens is 1. The predicted octanol–water partition coefficient (Wildman–Crippen LogP) is 2.81. The van der Waals surface area contributed by atoms with Crippen molar-refractivity contribution < 1.29 is 9.59 Å². The van der Waals surface area contributed by atoms with Crippen LogP contribution in [0.25, 0.3) is 10.2 Å². The molecule has 0 bridgehead atoms. The fraction of sp³-hybridized carbons (Fsp3) is 0.391. The normalized spacial score (nSPS) is 13.1. The van der Waals surface area contributed by atoms with Crippen LogP contribution in [0.2, 0.25) is 0 Å². The van der Waals surface area contributed by atoms with E-state index in [-0.39, 0.29) is 23.8 Å². The molecule has 1 aliphatic rings. The van der Waals surface area contributed by atoms with Crippen LogP contribution in [0.1, 0.15) is 51.4 Å². The number of rotatable bonds is 6. The lowest BCUT2D eigenvalue weighted by Crippen LogP contribution is -2.27. The number of aromatic amines is 1. The summed E-state index contributed by atoms with van der Waals surface area (Å²) < 4.78 is 0. The molecule has 8 heteroatoms. The maximum Gasteiger partial charge on any atom is 0.259 e. The minimum absolute atomic E-state index is 0.0244. The van der Waals surface area contributed by atoms with Gasteiger partial charge in [-0.2, -0.15) is 0 Å². The number of hydrogen-bond acceptors (Lipinski definition) is 5. The monoisotopic (exact) mass is 438 g/mol. The highest BCUT2D eigenvalue weighted by Crippen LogP contribution is 2.33. The number of thiophene rings is 1. The van der Waals surface area contributed by atoms with E-state index < -0.39 is 0 Å². The second-order valence-electron chi connectivity index (χ2n) is 7.93. The molecule has 2 N–H and O–H groups in total. The van der Waals surface area contributed by atoms with Crippen molar-refractivity contribution in [1.29, 1.82) is 0 Å². The van der Waals surface area contributed by atoms with E-state index in [4.69, 9.17) is 0 Å². The van der Waals surface area contributed by atoms with E-state index >= 15 is 0 Å². The Bertz CT molecular complexity index is 1180. The van der Waals surface area contributed by atoms with Gasteiger partial charge in [0.1, 0.15) is 10.7 Å². The Balaban J connectivity index is 1.39. The van der Waals surface area contributed by atoms with Gasteiger partial charge in [-0.3, -0.25) is 14.4 Å². The zero-order chi connectivity index (χ0) is 22.0.